The van der Waals surface area contributed by atoms with Gasteiger partial charge < -0.3 is 10.2 Å². The lowest BCUT2D eigenvalue weighted by atomic mass is 10.3. The molecule has 0 unspecified atom stereocenters. The molecule has 54 valence electrons. The van der Waals surface area contributed by atoms with Gasteiger partial charge in [-0.2, -0.15) is 0 Å². The van der Waals surface area contributed by atoms with Crippen LogP contribution in [0.15, 0.2) is 16.6 Å². The van der Waals surface area contributed by atoms with Crippen LogP contribution in [-0.4, -0.2) is 10.2 Å². The molecule has 2 nitrogen and oxygen atoms in total. The highest BCUT2D eigenvalue weighted by molar-refractivity contribution is 9.10. The summed E-state index contributed by atoms with van der Waals surface area (Å²) in [4.78, 5) is 0. The Hall–Kier alpha value is -0.410. The highest BCUT2D eigenvalue weighted by Gasteiger charge is 2.04. The number of benzene rings is 1. The summed E-state index contributed by atoms with van der Waals surface area (Å²) >= 11 is 8.57. The maximum Gasteiger partial charge on any atom is 0.176 e. The fourth-order valence-electron chi connectivity index (χ4n) is 0.552. The molecule has 0 atom stereocenters. The van der Waals surface area contributed by atoms with Crippen molar-refractivity contribution in [3.63, 3.8) is 0 Å². The van der Waals surface area contributed by atoms with E-state index in [1.54, 1.807) is 0 Å². The molecule has 0 amide bonds. The van der Waals surface area contributed by atoms with Crippen LogP contribution in [0.2, 0.25) is 5.02 Å². The first-order chi connectivity index (χ1) is 4.61. The van der Waals surface area contributed by atoms with Crippen LogP contribution in [0.5, 0.6) is 11.5 Å². The van der Waals surface area contributed by atoms with Gasteiger partial charge in [0, 0.05) is 4.47 Å². The number of hydrogen-bond donors (Lipinski definition) is 2. The molecule has 2 N–H and O–H groups in total. The zero-order valence-electron chi connectivity index (χ0n) is 4.81. The maximum atomic E-state index is 8.93. The minimum atomic E-state index is -0.287. The van der Waals surface area contributed by atoms with E-state index in [1.807, 2.05) is 0 Å². The molecule has 0 aromatic heterocycles. The van der Waals surface area contributed by atoms with Gasteiger partial charge in [0.25, 0.3) is 0 Å². The molecule has 0 radical (unpaired) electrons. The summed E-state index contributed by atoms with van der Waals surface area (Å²) in [5.41, 5.74) is 0. The van der Waals surface area contributed by atoms with Crippen molar-refractivity contribution in [2.45, 2.75) is 0 Å². The van der Waals surface area contributed by atoms with Crippen LogP contribution in [0.4, 0.5) is 0 Å². The predicted molar refractivity (Wildman–Crippen MR) is 42.5 cm³/mol. The normalized spacial score (nSPS) is 9.80. The number of rotatable bonds is 0. The summed E-state index contributed by atoms with van der Waals surface area (Å²) in [6.45, 7) is 0. The fourth-order valence-corrected chi connectivity index (χ4v) is 1.34. The van der Waals surface area contributed by atoms with E-state index in [1.165, 1.54) is 12.1 Å². The Labute approximate surface area is 71.2 Å². The Bertz CT molecular complexity index is 239. The Balaban J connectivity index is 3.31. The van der Waals surface area contributed by atoms with Gasteiger partial charge in [-0.05, 0) is 12.1 Å². The van der Waals surface area contributed by atoms with Crippen LogP contribution in [-0.2, 0) is 0 Å². The molecule has 1 rings (SSSR count). The minimum Gasteiger partial charge on any atom is -0.504 e. The molecule has 0 heterocycles. The van der Waals surface area contributed by atoms with Gasteiger partial charge >= 0.3 is 0 Å². The molecule has 0 aliphatic heterocycles. The fraction of sp³-hybridized carbons (Fsp3) is 0. The standard InChI is InChI=1S/C6H4BrClO2/c7-3-1-4(8)6(10)5(9)2-3/h1-2,9-10H. The molecule has 0 fully saturated rings. The average molecular weight is 223 g/mol. The van der Waals surface area contributed by atoms with Gasteiger partial charge in [0.2, 0.25) is 0 Å². The highest BCUT2D eigenvalue weighted by atomic mass is 79.9. The second-order valence-electron chi connectivity index (χ2n) is 1.76. The first-order valence-electron chi connectivity index (χ1n) is 2.48. The van der Waals surface area contributed by atoms with Gasteiger partial charge in [-0.25, -0.2) is 0 Å². The van der Waals surface area contributed by atoms with E-state index in [0.717, 1.165) is 0 Å². The van der Waals surface area contributed by atoms with Gasteiger partial charge in [-0.15, -0.1) is 0 Å². The van der Waals surface area contributed by atoms with Crippen molar-refractivity contribution >= 4 is 27.5 Å². The van der Waals surface area contributed by atoms with Crippen LogP contribution >= 0.6 is 27.5 Å². The van der Waals surface area contributed by atoms with E-state index in [2.05, 4.69) is 15.9 Å². The van der Waals surface area contributed by atoms with Crippen LogP contribution in [0, 0.1) is 0 Å². The molecule has 0 saturated carbocycles. The van der Waals surface area contributed by atoms with Crippen molar-refractivity contribution in [1.29, 1.82) is 0 Å². The van der Waals surface area contributed by atoms with Gasteiger partial charge in [0.05, 0.1) is 5.02 Å². The molecule has 0 aliphatic rings. The number of phenols is 2. The highest BCUT2D eigenvalue weighted by Crippen LogP contribution is 2.35. The topological polar surface area (TPSA) is 40.5 Å². The average Bonchev–Trinajstić information content (AvgIpc) is 1.82. The van der Waals surface area contributed by atoms with Gasteiger partial charge in [-0.3, -0.25) is 0 Å². The molecular formula is C6H4BrClO2. The minimum absolute atomic E-state index is 0.131. The van der Waals surface area contributed by atoms with E-state index in [-0.39, 0.29) is 16.5 Å². The Morgan fingerprint density at radius 3 is 2.40 bits per heavy atom. The largest absolute Gasteiger partial charge is 0.504 e. The Morgan fingerprint density at radius 2 is 1.90 bits per heavy atom. The first-order valence-corrected chi connectivity index (χ1v) is 3.65. The maximum absolute atomic E-state index is 8.93. The van der Waals surface area contributed by atoms with Crippen LogP contribution in [0.1, 0.15) is 0 Å². The molecule has 1 aromatic rings. The molecule has 0 spiro atoms. The van der Waals surface area contributed by atoms with Gasteiger partial charge in [0.1, 0.15) is 0 Å². The zero-order valence-corrected chi connectivity index (χ0v) is 7.15. The quantitative estimate of drug-likeness (QED) is 0.664. The van der Waals surface area contributed by atoms with E-state index in [9.17, 15) is 0 Å². The lowest BCUT2D eigenvalue weighted by molar-refractivity contribution is 0.403. The summed E-state index contributed by atoms with van der Waals surface area (Å²) in [6, 6.07) is 2.86. The van der Waals surface area contributed by atoms with E-state index in [4.69, 9.17) is 21.8 Å². The van der Waals surface area contributed by atoms with Crippen LogP contribution in [0.25, 0.3) is 0 Å². The summed E-state index contributed by atoms with van der Waals surface area (Å²) in [6.07, 6.45) is 0. The summed E-state index contributed by atoms with van der Waals surface area (Å²) in [5.74, 6) is -0.510. The Morgan fingerprint density at radius 1 is 1.30 bits per heavy atom. The van der Waals surface area contributed by atoms with Crippen molar-refractivity contribution in [3.05, 3.63) is 21.6 Å². The number of phenolic OH excluding ortho intramolecular Hbond substituents is 2. The summed E-state index contributed by atoms with van der Waals surface area (Å²) in [7, 11) is 0. The van der Waals surface area contributed by atoms with E-state index >= 15 is 0 Å². The van der Waals surface area contributed by atoms with Crippen LogP contribution < -0.4 is 0 Å². The molecule has 1 aromatic carbocycles. The SMILES string of the molecule is Oc1cc(Br)cc(Cl)c1O. The first kappa shape index (κ1) is 7.69. The Kier molecular flexibility index (Phi) is 2.06. The lowest BCUT2D eigenvalue weighted by Gasteiger charge is -1.99. The monoisotopic (exact) mass is 222 g/mol. The van der Waals surface area contributed by atoms with Crippen molar-refractivity contribution < 1.29 is 10.2 Å². The predicted octanol–water partition coefficient (Wildman–Crippen LogP) is 2.51. The lowest BCUT2D eigenvalue weighted by Crippen LogP contribution is -1.71. The van der Waals surface area contributed by atoms with Crippen molar-refractivity contribution in [2.24, 2.45) is 0 Å². The molecule has 10 heavy (non-hydrogen) atoms. The van der Waals surface area contributed by atoms with Crippen LogP contribution in [0.3, 0.4) is 0 Å². The summed E-state index contributed by atoms with van der Waals surface area (Å²) in [5, 5.41) is 18.0. The van der Waals surface area contributed by atoms with Gasteiger partial charge in [0.15, 0.2) is 11.5 Å². The third kappa shape index (κ3) is 1.36. The molecule has 0 bridgehead atoms. The third-order valence-corrected chi connectivity index (χ3v) is 1.75. The van der Waals surface area contributed by atoms with Crippen molar-refractivity contribution in [3.8, 4) is 11.5 Å². The van der Waals surface area contributed by atoms with E-state index in [0.29, 0.717) is 4.47 Å². The third-order valence-electron chi connectivity index (χ3n) is 1.01. The summed E-state index contributed by atoms with van der Waals surface area (Å²) < 4.78 is 0.632. The number of aromatic hydroxyl groups is 2. The van der Waals surface area contributed by atoms with Gasteiger partial charge in [-0.1, -0.05) is 27.5 Å². The molecule has 0 saturated heterocycles. The van der Waals surface area contributed by atoms with Crippen molar-refractivity contribution in [1.82, 2.24) is 0 Å². The van der Waals surface area contributed by atoms with E-state index < -0.39 is 0 Å². The smallest absolute Gasteiger partial charge is 0.176 e. The molecular weight excluding hydrogens is 219 g/mol. The second-order valence-corrected chi connectivity index (χ2v) is 3.08. The zero-order chi connectivity index (χ0) is 7.72. The molecule has 4 heteroatoms. The molecule has 0 aliphatic carbocycles. The van der Waals surface area contributed by atoms with Crippen molar-refractivity contribution in [2.75, 3.05) is 0 Å². The number of halogens is 2. The number of hydrogen-bond acceptors (Lipinski definition) is 2. The second kappa shape index (κ2) is 2.68.